The van der Waals surface area contributed by atoms with Crippen molar-refractivity contribution in [3.05, 3.63) is 24.8 Å². The number of hydrogen-bond acceptors (Lipinski definition) is 2. The van der Waals surface area contributed by atoms with Gasteiger partial charge in [0, 0.05) is 6.42 Å². The number of hydrogen-bond donors (Lipinski definition) is 0. The first-order valence-electron chi connectivity index (χ1n) is 4.67. The van der Waals surface area contributed by atoms with Crippen LogP contribution in [0.2, 0.25) is 0 Å². The number of carbonyl (C=O) groups is 1. The summed E-state index contributed by atoms with van der Waals surface area (Å²) in [5.41, 5.74) is 0. The van der Waals surface area contributed by atoms with E-state index in [-0.39, 0.29) is 12.1 Å². The molecule has 0 saturated carbocycles. The zero-order valence-corrected chi connectivity index (χ0v) is 8.45. The SMILES string of the molecule is C=CC(CCC=CC)OC(=O)CC. The Kier molecular flexibility index (Phi) is 6.98. The standard InChI is InChI=1S/C11H18O2/c1-4-7-8-9-10(5-2)13-11(12)6-3/h4-5,7,10H,2,6,8-9H2,1,3H3. The average Bonchev–Trinajstić information content (AvgIpc) is 2.16. The molecule has 13 heavy (non-hydrogen) atoms. The predicted molar refractivity (Wildman–Crippen MR) is 54.4 cm³/mol. The Morgan fingerprint density at radius 1 is 1.62 bits per heavy atom. The molecule has 0 aliphatic rings. The van der Waals surface area contributed by atoms with Crippen LogP contribution in [0.15, 0.2) is 24.8 Å². The Hall–Kier alpha value is -1.05. The molecule has 0 N–H and O–H groups in total. The van der Waals surface area contributed by atoms with Gasteiger partial charge in [-0.1, -0.05) is 31.7 Å². The minimum atomic E-state index is -0.162. The molecule has 0 aliphatic carbocycles. The molecule has 2 nitrogen and oxygen atoms in total. The van der Waals surface area contributed by atoms with Gasteiger partial charge in [-0.2, -0.15) is 0 Å². The van der Waals surface area contributed by atoms with Crippen LogP contribution in [-0.4, -0.2) is 12.1 Å². The summed E-state index contributed by atoms with van der Waals surface area (Å²) in [4.78, 5) is 10.9. The fraction of sp³-hybridized carbons (Fsp3) is 0.545. The molecule has 0 spiro atoms. The third kappa shape index (κ3) is 6.14. The summed E-state index contributed by atoms with van der Waals surface area (Å²) in [5.74, 6) is -0.162. The van der Waals surface area contributed by atoms with Gasteiger partial charge in [0.05, 0.1) is 0 Å². The van der Waals surface area contributed by atoms with Gasteiger partial charge < -0.3 is 4.74 Å². The summed E-state index contributed by atoms with van der Waals surface area (Å²) in [6.07, 6.45) is 7.75. The van der Waals surface area contributed by atoms with E-state index in [4.69, 9.17) is 4.74 Å². The highest BCUT2D eigenvalue weighted by Gasteiger charge is 2.07. The van der Waals surface area contributed by atoms with Gasteiger partial charge >= 0.3 is 5.97 Å². The quantitative estimate of drug-likeness (QED) is 0.466. The fourth-order valence-corrected chi connectivity index (χ4v) is 0.904. The van der Waals surface area contributed by atoms with Gasteiger partial charge in [0.25, 0.3) is 0 Å². The van der Waals surface area contributed by atoms with Crippen LogP contribution in [0.5, 0.6) is 0 Å². The van der Waals surface area contributed by atoms with E-state index in [0.717, 1.165) is 12.8 Å². The van der Waals surface area contributed by atoms with Crippen LogP contribution in [-0.2, 0) is 9.53 Å². The van der Waals surface area contributed by atoms with Crippen LogP contribution in [0.3, 0.4) is 0 Å². The van der Waals surface area contributed by atoms with E-state index in [1.807, 2.05) is 13.0 Å². The number of esters is 1. The van der Waals surface area contributed by atoms with E-state index in [0.29, 0.717) is 6.42 Å². The van der Waals surface area contributed by atoms with Crippen molar-refractivity contribution in [2.75, 3.05) is 0 Å². The van der Waals surface area contributed by atoms with Crippen LogP contribution in [0.1, 0.15) is 33.1 Å². The van der Waals surface area contributed by atoms with E-state index in [9.17, 15) is 4.79 Å². The van der Waals surface area contributed by atoms with Crippen molar-refractivity contribution in [1.82, 2.24) is 0 Å². The molecule has 1 atom stereocenters. The lowest BCUT2D eigenvalue weighted by Crippen LogP contribution is -2.14. The molecule has 2 heteroatoms. The molecule has 0 rings (SSSR count). The maximum absolute atomic E-state index is 10.9. The zero-order chi connectivity index (χ0) is 10.1. The molecule has 0 heterocycles. The summed E-state index contributed by atoms with van der Waals surface area (Å²) in [6.45, 7) is 7.39. The molecule has 1 unspecified atom stereocenters. The van der Waals surface area contributed by atoms with Gasteiger partial charge in [-0.05, 0) is 19.8 Å². The zero-order valence-electron chi connectivity index (χ0n) is 8.45. The third-order valence-electron chi connectivity index (χ3n) is 1.69. The van der Waals surface area contributed by atoms with Gasteiger partial charge in [0.2, 0.25) is 0 Å². The topological polar surface area (TPSA) is 26.3 Å². The highest BCUT2D eigenvalue weighted by molar-refractivity contribution is 5.69. The van der Waals surface area contributed by atoms with Gasteiger partial charge in [-0.3, -0.25) is 4.79 Å². The maximum atomic E-state index is 10.9. The number of ether oxygens (including phenoxy) is 1. The summed E-state index contributed by atoms with van der Waals surface area (Å²) in [5, 5.41) is 0. The van der Waals surface area contributed by atoms with Crippen molar-refractivity contribution in [1.29, 1.82) is 0 Å². The van der Waals surface area contributed by atoms with Crippen LogP contribution < -0.4 is 0 Å². The second-order valence-corrected chi connectivity index (χ2v) is 2.76. The van der Waals surface area contributed by atoms with Gasteiger partial charge in [0.15, 0.2) is 0 Å². The van der Waals surface area contributed by atoms with Crippen LogP contribution >= 0.6 is 0 Å². The van der Waals surface area contributed by atoms with Gasteiger partial charge in [0.1, 0.15) is 6.10 Å². The number of carbonyl (C=O) groups excluding carboxylic acids is 1. The van der Waals surface area contributed by atoms with Crippen molar-refractivity contribution < 1.29 is 9.53 Å². The normalized spacial score (nSPS) is 12.8. The Morgan fingerprint density at radius 3 is 2.77 bits per heavy atom. The molecule has 0 aromatic rings. The molecule has 0 aromatic carbocycles. The molecule has 0 fully saturated rings. The molecule has 0 radical (unpaired) electrons. The summed E-state index contributed by atoms with van der Waals surface area (Å²) in [6, 6.07) is 0. The van der Waals surface area contributed by atoms with E-state index in [2.05, 4.69) is 12.7 Å². The second kappa shape index (κ2) is 7.59. The molecule has 0 aromatic heterocycles. The lowest BCUT2D eigenvalue weighted by molar-refractivity contribution is -0.146. The molecule has 74 valence electrons. The molecule has 0 saturated heterocycles. The number of allylic oxidation sites excluding steroid dienone is 2. The average molecular weight is 182 g/mol. The van der Waals surface area contributed by atoms with Crippen LogP contribution in [0.4, 0.5) is 0 Å². The monoisotopic (exact) mass is 182 g/mol. The maximum Gasteiger partial charge on any atom is 0.306 e. The molecular weight excluding hydrogens is 164 g/mol. The summed E-state index contributed by atoms with van der Waals surface area (Å²) in [7, 11) is 0. The summed E-state index contributed by atoms with van der Waals surface area (Å²) < 4.78 is 5.10. The molecule has 0 aliphatic heterocycles. The van der Waals surface area contributed by atoms with E-state index in [1.165, 1.54) is 0 Å². The van der Waals surface area contributed by atoms with Crippen molar-refractivity contribution in [2.45, 2.75) is 39.2 Å². The van der Waals surface area contributed by atoms with Gasteiger partial charge in [-0.25, -0.2) is 0 Å². The van der Waals surface area contributed by atoms with E-state index < -0.39 is 0 Å². The van der Waals surface area contributed by atoms with Gasteiger partial charge in [-0.15, -0.1) is 0 Å². The van der Waals surface area contributed by atoms with Crippen molar-refractivity contribution in [3.8, 4) is 0 Å². The van der Waals surface area contributed by atoms with Crippen molar-refractivity contribution >= 4 is 5.97 Å². The highest BCUT2D eigenvalue weighted by atomic mass is 16.5. The van der Waals surface area contributed by atoms with E-state index in [1.54, 1.807) is 13.0 Å². The Bertz CT molecular complexity index is 183. The predicted octanol–water partition coefficient (Wildman–Crippen LogP) is 2.85. The van der Waals surface area contributed by atoms with Crippen molar-refractivity contribution in [2.24, 2.45) is 0 Å². The van der Waals surface area contributed by atoms with Crippen LogP contribution in [0, 0.1) is 0 Å². The Balaban J connectivity index is 3.75. The minimum absolute atomic E-state index is 0.136. The van der Waals surface area contributed by atoms with Crippen molar-refractivity contribution in [3.63, 3.8) is 0 Å². The minimum Gasteiger partial charge on any atom is -0.458 e. The largest absolute Gasteiger partial charge is 0.458 e. The van der Waals surface area contributed by atoms with E-state index >= 15 is 0 Å². The highest BCUT2D eigenvalue weighted by Crippen LogP contribution is 2.05. The first-order chi connectivity index (χ1) is 6.24. The lowest BCUT2D eigenvalue weighted by atomic mass is 10.2. The van der Waals surface area contributed by atoms with Crippen LogP contribution in [0.25, 0.3) is 0 Å². The fourth-order valence-electron chi connectivity index (χ4n) is 0.904. The summed E-state index contributed by atoms with van der Waals surface area (Å²) >= 11 is 0. The smallest absolute Gasteiger partial charge is 0.306 e. The molecule has 0 bridgehead atoms. The lowest BCUT2D eigenvalue weighted by Gasteiger charge is -2.11. The first kappa shape index (κ1) is 11.9. The number of rotatable bonds is 6. The first-order valence-corrected chi connectivity index (χ1v) is 4.67. The second-order valence-electron chi connectivity index (χ2n) is 2.76. The Morgan fingerprint density at radius 2 is 2.31 bits per heavy atom. The molecular formula is C11H18O2. The molecule has 0 amide bonds. The Labute approximate surface area is 80.3 Å². The third-order valence-corrected chi connectivity index (χ3v) is 1.69.